The van der Waals surface area contributed by atoms with Crippen LogP contribution in [0.3, 0.4) is 0 Å². The predicted octanol–water partition coefficient (Wildman–Crippen LogP) is 3.50. The van der Waals surface area contributed by atoms with E-state index in [4.69, 9.17) is 20.5 Å². The number of esters is 1. The zero-order valence-electron chi connectivity index (χ0n) is 14.5. The Morgan fingerprint density at radius 1 is 1.35 bits per heavy atom. The maximum Gasteiger partial charge on any atom is 0.344 e. The number of ketones is 1. The number of rotatable bonds is 4. The molecule has 2 aliphatic carbocycles. The Morgan fingerprint density at radius 3 is 2.73 bits per heavy atom. The number of carbonyl (C=O) groups is 2. The van der Waals surface area contributed by atoms with Crippen molar-refractivity contribution in [3.63, 3.8) is 0 Å². The number of carbonyl (C=O) groups excluding carboxylic acids is 2. The third-order valence-electron chi connectivity index (χ3n) is 4.93. The molecule has 0 aliphatic heterocycles. The Balaban J connectivity index is 1.81. The first-order chi connectivity index (χ1) is 12.1. The first-order valence-electron chi connectivity index (χ1n) is 8.23. The number of halogens is 1. The lowest BCUT2D eigenvalue weighted by Gasteiger charge is -2.34. The van der Waals surface area contributed by atoms with Crippen LogP contribution in [0.15, 0.2) is 30.0 Å². The van der Waals surface area contributed by atoms with Crippen LogP contribution in [0.25, 0.3) is 0 Å². The molecule has 0 saturated heterocycles. The molecule has 1 saturated carbocycles. The molecule has 0 bridgehead atoms. The summed E-state index contributed by atoms with van der Waals surface area (Å²) in [4.78, 5) is 24.5. The van der Waals surface area contributed by atoms with Gasteiger partial charge in [-0.05, 0) is 30.4 Å². The van der Waals surface area contributed by atoms with E-state index >= 15 is 0 Å². The highest BCUT2D eigenvalue weighted by Crippen LogP contribution is 2.51. The molecule has 8 heteroatoms. The quantitative estimate of drug-likeness (QED) is 0.569. The lowest BCUT2D eigenvalue weighted by molar-refractivity contribution is -0.118. The molecule has 0 spiro atoms. The summed E-state index contributed by atoms with van der Waals surface area (Å²) in [6.07, 6.45) is 5.58. The molecule has 0 heterocycles. The van der Waals surface area contributed by atoms with E-state index in [0.29, 0.717) is 12.2 Å². The van der Waals surface area contributed by atoms with Crippen molar-refractivity contribution in [2.24, 2.45) is 11.3 Å². The van der Waals surface area contributed by atoms with Crippen molar-refractivity contribution < 1.29 is 26.9 Å². The molecule has 1 aromatic carbocycles. The van der Waals surface area contributed by atoms with Gasteiger partial charge in [0.15, 0.2) is 5.78 Å². The molecular formula is C18H19ClO6S. The highest BCUT2D eigenvalue weighted by molar-refractivity contribution is 7.86. The fourth-order valence-corrected chi connectivity index (χ4v) is 4.49. The van der Waals surface area contributed by atoms with Crippen molar-refractivity contribution in [3.05, 3.63) is 40.6 Å². The lowest BCUT2D eigenvalue weighted by Crippen LogP contribution is -2.32. The van der Waals surface area contributed by atoms with Crippen molar-refractivity contribution in [3.8, 4) is 5.75 Å². The Labute approximate surface area is 157 Å². The molecule has 2 aliphatic rings. The maximum absolute atomic E-state index is 12.5. The van der Waals surface area contributed by atoms with E-state index in [9.17, 15) is 18.0 Å². The number of ether oxygens (including phenoxy) is 1. The number of hydrogen-bond donors (Lipinski definition) is 0. The average Bonchev–Trinajstić information content (AvgIpc) is 2.86. The first-order valence-corrected chi connectivity index (χ1v) is 10.4. The summed E-state index contributed by atoms with van der Waals surface area (Å²) >= 11 is 6.08. The minimum atomic E-state index is -3.69. The average molecular weight is 399 g/mol. The van der Waals surface area contributed by atoms with Crippen molar-refractivity contribution in [2.45, 2.75) is 32.6 Å². The van der Waals surface area contributed by atoms with Gasteiger partial charge >= 0.3 is 16.1 Å². The van der Waals surface area contributed by atoms with E-state index in [1.807, 2.05) is 6.92 Å². The van der Waals surface area contributed by atoms with Gasteiger partial charge in [-0.3, -0.25) is 4.79 Å². The Kier molecular flexibility index (Phi) is 4.88. The van der Waals surface area contributed by atoms with Crippen LogP contribution in [0, 0.1) is 11.3 Å². The van der Waals surface area contributed by atoms with E-state index in [1.165, 1.54) is 24.3 Å². The van der Waals surface area contributed by atoms with Gasteiger partial charge in [0.05, 0.1) is 16.8 Å². The normalized spacial score (nSPS) is 25.4. The zero-order chi connectivity index (χ0) is 19.1. The molecule has 0 N–H and O–H groups in total. The molecule has 2 atom stereocenters. The van der Waals surface area contributed by atoms with Crippen molar-refractivity contribution >= 4 is 33.5 Å². The van der Waals surface area contributed by atoms with Gasteiger partial charge in [-0.1, -0.05) is 24.9 Å². The molecule has 1 aromatic rings. The Bertz CT molecular complexity index is 904. The van der Waals surface area contributed by atoms with Crippen LogP contribution in [0.2, 0.25) is 5.02 Å². The summed E-state index contributed by atoms with van der Waals surface area (Å²) < 4.78 is 32.6. The second-order valence-corrected chi connectivity index (χ2v) is 9.09. The van der Waals surface area contributed by atoms with Gasteiger partial charge in [-0.2, -0.15) is 8.42 Å². The summed E-state index contributed by atoms with van der Waals surface area (Å²) in [5, 5.41) is 0.00747. The van der Waals surface area contributed by atoms with Gasteiger partial charge in [0, 0.05) is 24.5 Å². The van der Waals surface area contributed by atoms with Crippen molar-refractivity contribution in [2.75, 3.05) is 6.26 Å². The van der Waals surface area contributed by atoms with Crippen LogP contribution in [-0.4, -0.2) is 26.4 Å². The summed E-state index contributed by atoms with van der Waals surface area (Å²) in [6.45, 7) is 2.05. The molecule has 0 aromatic heterocycles. The van der Waals surface area contributed by atoms with Gasteiger partial charge in [-0.25, -0.2) is 4.79 Å². The maximum atomic E-state index is 12.5. The molecule has 1 fully saturated rings. The van der Waals surface area contributed by atoms with Gasteiger partial charge in [-0.15, -0.1) is 0 Å². The highest BCUT2D eigenvalue weighted by atomic mass is 35.5. The van der Waals surface area contributed by atoms with Crippen LogP contribution in [0.5, 0.6) is 5.75 Å². The highest BCUT2D eigenvalue weighted by Gasteiger charge is 2.46. The summed E-state index contributed by atoms with van der Waals surface area (Å²) in [6, 6.07) is 3.90. The van der Waals surface area contributed by atoms with Crippen LogP contribution in [-0.2, 0) is 19.6 Å². The van der Waals surface area contributed by atoms with Gasteiger partial charge in [0.25, 0.3) is 0 Å². The minimum absolute atomic E-state index is 0.00415. The first kappa shape index (κ1) is 18.9. The van der Waals surface area contributed by atoms with Gasteiger partial charge in [0.1, 0.15) is 11.5 Å². The monoisotopic (exact) mass is 398 g/mol. The van der Waals surface area contributed by atoms with E-state index in [0.717, 1.165) is 25.5 Å². The van der Waals surface area contributed by atoms with Crippen molar-refractivity contribution in [1.29, 1.82) is 0 Å². The van der Waals surface area contributed by atoms with Crippen LogP contribution in [0.4, 0.5) is 0 Å². The zero-order valence-corrected chi connectivity index (χ0v) is 16.0. The number of allylic oxidation sites excluding steroid dienone is 2. The standard InChI is InChI=1S/C18H19ClO6S/c1-18-7-3-4-14(18)16(8-11(20)10-18)24-17(21)13-6-5-12(9-15(13)19)25-26(2,22)23/h5-6,8-9,14H,3-4,7,10H2,1-2H3. The molecule has 140 valence electrons. The molecule has 6 nitrogen and oxygen atoms in total. The topological polar surface area (TPSA) is 86.7 Å². The van der Waals surface area contributed by atoms with E-state index in [2.05, 4.69) is 0 Å². The second kappa shape index (κ2) is 6.70. The van der Waals surface area contributed by atoms with E-state index in [1.54, 1.807) is 0 Å². The molecule has 3 rings (SSSR count). The number of hydrogen-bond acceptors (Lipinski definition) is 6. The molecule has 26 heavy (non-hydrogen) atoms. The van der Waals surface area contributed by atoms with E-state index < -0.39 is 16.1 Å². The van der Waals surface area contributed by atoms with E-state index in [-0.39, 0.29) is 33.5 Å². The minimum Gasteiger partial charge on any atom is -0.427 e. The SMILES string of the molecule is CC12CCCC1C(OC(=O)c1ccc(OS(C)(=O)=O)cc1Cl)=CC(=O)C2. The number of benzene rings is 1. The molecular weight excluding hydrogens is 380 g/mol. The number of fused-ring (bicyclic) bond motifs is 1. The second-order valence-electron chi connectivity index (χ2n) is 7.11. The van der Waals surface area contributed by atoms with Crippen LogP contribution < -0.4 is 4.18 Å². The third-order valence-corrected chi connectivity index (χ3v) is 5.73. The summed E-state index contributed by atoms with van der Waals surface area (Å²) in [5.41, 5.74) is -0.0931. The smallest absolute Gasteiger partial charge is 0.344 e. The molecule has 0 amide bonds. The van der Waals surface area contributed by atoms with Crippen LogP contribution in [0.1, 0.15) is 43.0 Å². The molecule has 0 radical (unpaired) electrons. The third kappa shape index (κ3) is 3.94. The Morgan fingerprint density at radius 2 is 2.08 bits per heavy atom. The lowest BCUT2D eigenvalue weighted by atomic mass is 9.71. The summed E-state index contributed by atoms with van der Waals surface area (Å²) in [5.74, 6) is -0.299. The van der Waals surface area contributed by atoms with Gasteiger partial charge < -0.3 is 8.92 Å². The fourth-order valence-electron chi connectivity index (χ4n) is 3.79. The summed E-state index contributed by atoms with van der Waals surface area (Å²) in [7, 11) is -3.69. The van der Waals surface area contributed by atoms with Crippen LogP contribution >= 0.6 is 11.6 Å². The predicted molar refractivity (Wildman–Crippen MR) is 95.5 cm³/mol. The van der Waals surface area contributed by atoms with Gasteiger partial charge in [0.2, 0.25) is 0 Å². The Hall–Kier alpha value is -1.86. The molecule has 2 unspecified atom stereocenters. The fraction of sp³-hybridized carbons (Fsp3) is 0.444. The largest absolute Gasteiger partial charge is 0.427 e. The van der Waals surface area contributed by atoms with Crippen molar-refractivity contribution in [1.82, 2.24) is 0 Å².